The molecule has 7 aromatic carbocycles. The van der Waals surface area contributed by atoms with Crippen LogP contribution in [0.1, 0.15) is 95.8 Å². The zero-order valence-electron chi connectivity index (χ0n) is 61.4. The Kier molecular flexibility index (Phi) is 27.1. The van der Waals surface area contributed by atoms with E-state index in [9.17, 15) is 74.5 Å². The van der Waals surface area contributed by atoms with Crippen molar-refractivity contribution in [3.63, 3.8) is 0 Å². The van der Waals surface area contributed by atoms with Gasteiger partial charge in [0.2, 0.25) is 0 Å². The van der Waals surface area contributed by atoms with E-state index < -0.39 is 52.5 Å². The molecule has 3 amide bonds. The number of H-pyrrole nitrogens is 1. The number of carboxylic acids is 1. The van der Waals surface area contributed by atoms with Crippen LogP contribution in [0.25, 0.3) is 62.5 Å². The number of carbonyl (C=O) groups is 6. The molecule has 37 heteroatoms. The average molecular weight is 1610 g/mol. The van der Waals surface area contributed by atoms with Gasteiger partial charge in [-0.15, -0.1) is 0 Å². The van der Waals surface area contributed by atoms with Crippen molar-refractivity contribution in [2.45, 2.75) is 50.9 Å². The predicted octanol–water partition coefficient (Wildman–Crippen LogP) is 9.37. The lowest BCUT2D eigenvalue weighted by atomic mass is 9.91. The van der Waals surface area contributed by atoms with Gasteiger partial charge in [0, 0.05) is 71.7 Å². The summed E-state index contributed by atoms with van der Waals surface area (Å²) in [5.74, 6) is 13.3. The maximum atomic E-state index is 13.2. The number of aromatic amines is 1. The van der Waals surface area contributed by atoms with Crippen molar-refractivity contribution in [2.24, 2.45) is 0 Å². The molecule has 2 aliphatic rings. The lowest BCUT2D eigenvalue weighted by molar-refractivity contribution is -0.0301. The maximum absolute atomic E-state index is 13.2. The van der Waals surface area contributed by atoms with Gasteiger partial charge in [0.1, 0.15) is 64.3 Å². The van der Waals surface area contributed by atoms with Crippen LogP contribution in [0.15, 0.2) is 212 Å². The number of carbonyl (C=O) groups excluding carboxylic acids is 5. The molecule has 0 saturated carbocycles. The van der Waals surface area contributed by atoms with E-state index in [4.69, 9.17) is 22.6 Å². The lowest BCUT2D eigenvalue weighted by Crippen LogP contribution is -2.52. The van der Waals surface area contributed by atoms with Gasteiger partial charge in [-0.25, -0.2) is 88.6 Å². The topological polar surface area (TPSA) is 412 Å². The Morgan fingerprint density at radius 3 is 1.21 bits per heavy atom. The van der Waals surface area contributed by atoms with Crippen LogP contribution in [0, 0.1) is 40.7 Å². The molecule has 8 heterocycles. The second kappa shape index (κ2) is 37.3. The van der Waals surface area contributed by atoms with Gasteiger partial charge in [-0.3, -0.25) is 23.7 Å². The number of ether oxygens (including phenoxy) is 2. The Bertz CT molecular complexity index is 5710. The summed E-state index contributed by atoms with van der Waals surface area (Å²) in [5, 5.41) is 37.7. The smallest absolute Gasteiger partial charge is 0.358 e. The van der Waals surface area contributed by atoms with Crippen molar-refractivity contribution in [3.05, 3.63) is 292 Å². The number of piperidine rings is 2. The summed E-state index contributed by atoms with van der Waals surface area (Å²) in [4.78, 5) is 110. The van der Waals surface area contributed by atoms with E-state index in [1.165, 1.54) is 200 Å². The highest BCUT2D eigenvalue weighted by Gasteiger charge is 2.37. The molecule has 0 spiro atoms. The highest BCUT2D eigenvalue weighted by Crippen LogP contribution is 2.29. The van der Waals surface area contributed by atoms with Crippen molar-refractivity contribution < 1.29 is 84.3 Å². The van der Waals surface area contributed by atoms with Gasteiger partial charge < -0.3 is 62.4 Å². The number of nitrogens with two attached hydrogens (primary N) is 3. The van der Waals surface area contributed by atoms with E-state index in [0.717, 1.165) is 20.2 Å². The van der Waals surface area contributed by atoms with Crippen LogP contribution >= 0.6 is 0 Å². The van der Waals surface area contributed by atoms with Crippen molar-refractivity contribution in [1.82, 2.24) is 73.2 Å². The summed E-state index contributed by atoms with van der Waals surface area (Å²) in [5.41, 5.74) is 1.64. The molecule has 606 valence electrons. The molecule has 0 aliphatic carbocycles. The second-order valence-electron chi connectivity index (χ2n) is 26.2. The number of methoxy groups -OCH3 is 2. The molecule has 13 aromatic rings. The first-order valence-electron chi connectivity index (χ1n) is 35.0. The third kappa shape index (κ3) is 20.6. The number of aliphatic hydroxyl groups is 2. The first-order valence-corrected chi connectivity index (χ1v) is 35.0. The van der Waals surface area contributed by atoms with Crippen molar-refractivity contribution >= 4 is 41.1 Å². The predicted molar refractivity (Wildman–Crippen MR) is 412 cm³/mol. The molecule has 0 atom stereocenters. The molecule has 15 rings (SSSR count). The Balaban J connectivity index is 0.000000161. The van der Waals surface area contributed by atoms with Crippen LogP contribution in [0.2, 0.25) is 0 Å². The maximum Gasteiger partial charge on any atom is 0.358 e. The van der Waals surface area contributed by atoms with Crippen LogP contribution in [0.4, 0.5) is 30.7 Å². The number of esters is 2. The van der Waals surface area contributed by atoms with Crippen LogP contribution in [0.5, 0.6) is 0 Å². The van der Waals surface area contributed by atoms with Crippen molar-refractivity contribution in [1.29, 1.82) is 0 Å². The highest BCUT2D eigenvalue weighted by molar-refractivity contribution is 5.95. The molecular weight excluding hydrogens is 1540 g/mol. The minimum absolute atomic E-state index is 0. The summed E-state index contributed by atoms with van der Waals surface area (Å²) in [6.07, 6.45) is 8.98. The molecule has 117 heavy (non-hydrogen) atoms. The first kappa shape index (κ1) is 84.8. The number of hydrogen-bond donors (Lipinski definition) is 8. The van der Waals surface area contributed by atoms with Gasteiger partial charge >= 0.3 is 17.9 Å². The number of nitrogens with one attached hydrogen (secondary N) is 2. The zero-order chi connectivity index (χ0) is 83.1. The van der Waals surface area contributed by atoms with Crippen molar-refractivity contribution in [2.75, 3.05) is 64.5 Å². The minimum Gasteiger partial charge on any atom is -0.476 e. The fraction of sp³-hybridized carbons (Fsp3) is 0.188. The highest BCUT2D eigenvalue weighted by atomic mass is 19.2. The number of likely N-dealkylation sites (tertiary alicyclic amines) is 2. The summed E-state index contributed by atoms with van der Waals surface area (Å²) in [7, 11) is 2.55. The van der Waals surface area contributed by atoms with E-state index in [1.807, 2.05) is 0 Å². The Morgan fingerprint density at radius 1 is 0.462 bits per heavy atom. The summed E-state index contributed by atoms with van der Waals surface area (Å²) in [6, 6.07) is 38.9. The largest absolute Gasteiger partial charge is 0.476 e. The van der Waals surface area contributed by atoms with Crippen LogP contribution in [0.3, 0.4) is 0 Å². The SMILES string of the molecule is C.COC(=O)c1cnc(-c2ccc(F)cc2)[nH]1.COC(=O)c1cnc(-c2ccc(F)cc2)n1N.Nn1c(C(=O)NCC2(O)CCN(C(=O)c3ccc(F)cc3)CC2)cnc1-c1ccc(F)cc1.Nn1c(C(=O)O)cnc1-c1ccc(F)cc1.O=C(c1ccc(F)cc1)N1CCC(O)(Cn2cnn3c(-c4ccc(F)cc4)ncc3c2=O)CC1. The van der Waals surface area contributed by atoms with Gasteiger partial charge in [0.05, 0.1) is 63.0 Å². The molecule has 2 saturated heterocycles. The van der Waals surface area contributed by atoms with E-state index in [0.29, 0.717) is 88.4 Å². The fourth-order valence-electron chi connectivity index (χ4n) is 12.0. The lowest BCUT2D eigenvalue weighted by Gasteiger charge is -2.38. The number of hydrogen-bond acceptors (Lipinski definition) is 20. The normalized spacial score (nSPS) is 13.1. The molecule has 2 aliphatic heterocycles. The number of fused-ring (bicyclic) bond motifs is 1. The van der Waals surface area contributed by atoms with E-state index in [1.54, 1.807) is 34.1 Å². The molecular formula is C80H75F7N18O12. The van der Waals surface area contributed by atoms with Crippen LogP contribution in [-0.4, -0.2) is 177 Å². The number of benzene rings is 7. The Morgan fingerprint density at radius 2 is 0.812 bits per heavy atom. The number of rotatable bonds is 15. The number of amides is 3. The Labute approximate surface area is 660 Å². The van der Waals surface area contributed by atoms with Gasteiger partial charge in [0.25, 0.3) is 23.3 Å². The third-order valence-corrected chi connectivity index (χ3v) is 18.5. The summed E-state index contributed by atoms with van der Waals surface area (Å²) in [6.45, 7) is 1.20. The Hall–Kier alpha value is -14.6. The fourth-order valence-corrected chi connectivity index (χ4v) is 12.0. The number of nitrogen functional groups attached to an aromatic ring is 3. The molecule has 30 nitrogen and oxygen atoms in total. The van der Waals surface area contributed by atoms with Crippen LogP contribution < -0.4 is 28.4 Å². The van der Waals surface area contributed by atoms with E-state index in [-0.39, 0.29) is 121 Å². The standard InChI is InChI=1S/C24H21F2N5O3.C23H23F2N5O3.C11H10FN3O2.C11H9FN2O2.C10H8FN3O2.CH4/c25-18-5-1-16(2-6-18)21-27-13-20-23(33)30(15-28-31(20)21)14-24(34)9-11-29(12-10-24)22(32)17-3-7-19(26)8-4-17;24-17-5-1-15(2-6-17)20-27-13-19(30(20)26)21(31)28-14-23(33)9-11-29(12-10-23)22(32)16-3-7-18(25)8-4-16;1-17-11(16)9-6-14-10(15(9)13)7-2-4-8(12)5-3-7;1-16-11(15)9-6-13-10(14-9)7-2-4-8(12)5-3-7;11-7-3-1-6(2-4-7)9-13-5-8(10(15)16)14(9)12;/h1-8,13,15,34H,9-12,14H2;1-8,13,33H,9-12,14,26H2,(H,28,31);2-6H,13H2,1H3;2-6H,1H3,(H,13,14);1-5H,12H2,(H,15,16);1H4. The van der Waals surface area contributed by atoms with Gasteiger partial charge in [-0.1, -0.05) is 7.43 Å². The molecule has 2 fully saturated rings. The number of carboxylic acid groups (broad SMARTS) is 1. The molecule has 6 aromatic heterocycles. The van der Waals surface area contributed by atoms with Crippen LogP contribution in [-0.2, 0) is 16.0 Å². The summed E-state index contributed by atoms with van der Waals surface area (Å²) < 4.78 is 106. The quantitative estimate of drug-likeness (QED) is 0.0269. The molecule has 0 unspecified atom stereocenters. The first-order chi connectivity index (χ1) is 55.5. The average Bonchev–Trinajstić information content (AvgIpc) is 1.72. The van der Waals surface area contributed by atoms with Gasteiger partial charge in [-0.2, -0.15) is 5.10 Å². The number of imidazole rings is 5. The van der Waals surface area contributed by atoms with Gasteiger partial charge in [0.15, 0.2) is 40.2 Å². The van der Waals surface area contributed by atoms with Crippen molar-refractivity contribution in [3.8, 4) is 56.9 Å². The number of nitrogens with zero attached hydrogens (tertiary/aromatic N) is 13. The summed E-state index contributed by atoms with van der Waals surface area (Å²) >= 11 is 0. The van der Waals surface area contributed by atoms with E-state index >= 15 is 0 Å². The monoisotopic (exact) mass is 1610 g/mol. The number of halogens is 7. The second-order valence-corrected chi connectivity index (χ2v) is 26.2. The third-order valence-electron chi connectivity index (χ3n) is 18.5. The molecule has 0 radical (unpaired) electrons. The number of aromatic carboxylic acids is 1. The molecule has 11 N–H and O–H groups in total. The zero-order valence-corrected chi connectivity index (χ0v) is 61.4. The van der Waals surface area contributed by atoms with Gasteiger partial charge in [-0.05, 0) is 196 Å². The minimum atomic E-state index is -1.19. The number of aromatic nitrogens is 12. The van der Waals surface area contributed by atoms with E-state index in [2.05, 4.69) is 49.8 Å². The molecule has 0 bridgehead atoms.